The minimum absolute atomic E-state index is 0.312. The standard InChI is InChI=1S/C13H23O4P/c1-12(2)13(14)17-10-8-6-4-3-5-7-9-11-18(15)16/h1,3-11H2,2H3/p+1. The normalized spacial score (nSPS) is 11.1. The van der Waals surface area contributed by atoms with E-state index >= 15 is 0 Å². The number of hydrogen-bond donors (Lipinski definition) is 1. The Bertz CT molecular complexity index is 276. The molecule has 0 heterocycles. The summed E-state index contributed by atoms with van der Waals surface area (Å²) in [7, 11) is -1.95. The molecule has 18 heavy (non-hydrogen) atoms. The van der Waals surface area contributed by atoms with Crippen LogP contribution in [0.15, 0.2) is 12.2 Å². The molecule has 0 saturated heterocycles. The molecule has 0 aliphatic heterocycles. The van der Waals surface area contributed by atoms with Crippen molar-refractivity contribution in [3.63, 3.8) is 0 Å². The van der Waals surface area contributed by atoms with Crippen molar-refractivity contribution in [2.24, 2.45) is 0 Å². The van der Waals surface area contributed by atoms with Gasteiger partial charge >= 0.3 is 14.0 Å². The predicted molar refractivity (Wildman–Crippen MR) is 72.8 cm³/mol. The third kappa shape index (κ3) is 11.7. The highest BCUT2D eigenvalue weighted by molar-refractivity contribution is 7.37. The highest BCUT2D eigenvalue weighted by atomic mass is 31.1. The molecule has 5 heteroatoms. The highest BCUT2D eigenvalue weighted by Gasteiger charge is 2.07. The summed E-state index contributed by atoms with van der Waals surface area (Å²) < 4.78 is 15.4. The zero-order valence-electron chi connectivity index (χ0n) is 11.2. The summed E-state index contributed by atoms with van der Waals surface area (Å²) in [6.45, 7) is 5.62. The van der Waals surface area contributed by atoms with E-state index in [0.29, 0.717) is 18.3 Å². The van der Waals surface area contributed by atoms with Crippen molar-refractivity contribution >= 4 is 14.0 Å². The molecular formula is C13H24O4P+. The molecule has 1 unspecified atom stereocenters. The van der Waals surface area contributed by atoms with Crippen LogP contribution in [-0.4, -0.2) is 23.6 Å². The number of hydrogen-bond acceptors (Lipinski definition) is 3. The summed E-state index contributed by atoms with van der Waals surface area (Å²) in [4.78, 5) is 19.6. The van der Waals surface area contributed by atoms with Crippen molar-refractivity contribution in [2.45, 2.75) is 51.9 Å². The molecule has 0 radical (unpaired) electrons. The fraction of sp³-hybridized carbons (Fsp3) is 0.769. The quantitative estimate of drug-likeness (QED) is 0.271. The number of unbranched alkanes of at least 4 members (excludes halogenated alkanes) is 6. The topological polar surface area (TPSA) is 63.6 Å². The third-order valence-corrected chi connectivity index (χ3v) is 3.27. The van der Waals surface area contributed by atoms with Crippen molar-refractivity contribution in [3.8, 4) is 0 Å². The first-order chi connectivity index (χ1) is 8.54. The molecule has 0 aromatic heterocycles. The van der Waals surface area contributed by atoms with E-state index in [1.807, 2.05) is 0 Å². The van der Waals surface area contributed by atoms with Crippen LogP contribution in [-0.2, 0) is 14.1 Å². The van der Waals surface area contributed by atoms with Gasteiger partial charge in [-0.1, -0.05) is 32.3 Å². The Morgan fingerprint density at radius 3 is 2.11 bits per heavy atom. The summed E-state index contributed by atoms with van der Waals surface area (Å²) in [5, 5.41) is 0. The van der Waals surface area contributed by atoms with Gasteiger partial charge in [0, 0.05) is 5.57 Å². The summed E-state index contributed by atoms with van der Waals surface area (Å²) in [6.07, 6.45) is 7.58. The van der Waals surface area contributed by atoms with Crippen LogP contribution in [0.4, 0.5) is 0 Å². The van der Waals surface area contributed by atoms with Crippen molar-refractivity contribution in [1.82, 2.24) is 0 Å². The zero-order valence-corrected chi connectivity index (χ0v) is 12.1. The van der Waals surface area contributed by atoms with Crippen LogP contribution in [0.5, 0.6) is 0 Å². The minimum Gasteiger partial charge on any atom is -0.462 e. The second-order valence-electron chi connectivity index (χ2n) is 4.47. The molecular weight excluding hydrogens is 251 g/mol. The van der Waals surface area contributed by atoms with Crippen molar-refractivity contribution in [3.05, 3.63) is 12.2 Å². The van der Waals surface area contributed by atoms with E-state index in [0.717, 1.165) is 44.9 Å². The van der Waals surface area contributed by atoms with Crippen LogP contribution in [0, 0.1) is 0 Å². The second-order valence-corrected chi connectivity index (χ2v) is 5.62. The average molecular weight is 275 g/mol. The maximum absolute atomic E-state index is 11.0. The van der Waals surface area contributed by atoms with Crippen LogP contribution in [0.2, 0.25) is 0 Å². The smallest absolute Gasteiger partial charge is 0.462 e. The number of ether oxygens (including phenoxy) is 1. The van der Waals surface area contributed by atoms with E-state index in [4.69, 9.17) is 9.63 Å². The molecule has 0 aromatic rings. The van der Waals surface area contributed by atoms with Gasteiger partial charge in [-0.2, -0.15) is 4.89 Å². The molecule has 0 aliphatic rings. The predicted octanol–water partition coefficient (Wildman–Crippen LogP) is 3.57. The Morgan fingerprint density at radius 1 is 1.11 bits per heavy atom. The molecule has 0 bridgehead atoms. The molecule has 0 amide bonds. The van der Waals surface area contributed by atoms with Gasteiger partial charge < -0.3 is 4.74 Å². The van der Waals surface area contributed by atoms with Gasteiger partial charge in [-0.05, 0) is 30.8 Å². The van der Waals surface area contributed by atoms with E-state index in [2.05, 4.69) is 6.58 Å². The summed E-state index contributed by atoms with van der Waals surface area (Å²) in [5.41, 5.74) is 0.442. The summed E-state index contributed by atoms with van der Waals surface area (Å²) in [5.74, 6) is -0.312. The molecule has 0 saturated carbocycles. The Morgan fingerprint density at radius 2 is 1.61 bits per heavy atom. The lowest BCUT2D eigenvalue weighted by Crippen LogP contribution is -2.05. The SMILES string of the molecule is C=C(C)C(=O)OCCCCCCCCC[P+](=O)O. The fourth-order valence-electron chi connectivity index (χ4n) is 1.52. The fourth-order valence-corrected chi connectivity index (χ4v) is 2.02. The zero-order chi connectivity index (χ0) is 13.8. The van der Waals surface area contributed by atoms with E-state index in [9.17, 15) is 9.36 Å². The Hall–Kier alpha value is -0.730. The molecule has 0 rings (SSSR count). The molecule has 4 nitrogen and oxygen atoms in total. The highest BCUT2D eigenvalue weighted by Crippen LogP contribution is 2.16. The molecule has 1 atom stereocenters. The first-order valence-corrected chi connectivity index (χ1v) is 7.90. The monoisotopic (exact) mass is 275 g/mol. The van der Waals surface area contributed by atoms with Gasteiger partial charge in [0.05, 0.1) is 6.61 Å². The molecule has 0 aliphatic carbocycles. The van der Waals surface area contributed by atoms with Crippen LogP contribution in [0.1, 0.15) is 51.9 Å². The lowest BCUT2D eigenvalue weighted by molar-refractivity contribution is -0.139. The van der Waals surface area contributed by atoms with Crippen LogP contribution >= 0.6 is 8.03 Å². The molecule has 0 aromatic carbocycles. The lowest BCUT2D eigenvalue weighted by atomic mass is 10.1. The number of carbonyl (C=O) groups is 1. The van der Waals surface area contributed by atoms with E-state index in [1.54, 1.807) is 6.92 Å². The van der Waals surface area contributed by atoms with Crippen molar-refractivity contribution < 1.29 is 19.0 Å². The molecule has 1 N–H and O–H groups in total. The summed E-state index contributed by atoms with van der Waals surface area (Å²) in [6, 6.07) is 0. The third-order valence-electron chi connectivity index (χ3n) is 2.58. The van der Waals surface area contributed by atoms with Gasteiger partial charge in [0.15, 0.2) is 6.16 Å². The maximum atomic E-state index is 11.0. The summed E-state index contributed by atoms with van der Waals surface area (Å²) >= 11 is 0. The van der Waals surface area contributed by atoms with Crippen LogP contribution in [0.3, 0.4) is 0 Å². The van der Waals surface area contributed by atoms with Crippen LogP contribution < -0.4 is 0 Å². The van der Waals surface area contributed by atoms with Crippen molar-refractivity contribution in [2.75, 3.05) is 12.8 Å². The van der Waals surface area contributed by atoms with Gasteiger partial charge in [0.2, 0.25) is 0 Å². The van der Waals surface area contributed by atoms with E-state index in [-0.39, 0.29) is 5.97 Å². The van der Waals surface area contributed by atoms with Crippen molar-refractivity contribution in [1.29, 1.82) is 0 Å². The first kappa shape index (κ1) is 17.3. The van der Waals surface area contributed by atoms with Crippen LogP contribution in [0.25, 0.3) is 0 Å². The van der Waals surface area contributed by atoms with Gasteiger partial charge in [-0.25, -0.2) is 4.79 Å². The Kier molecular flexibility index (Phi) is 10.9. The second kappa shape index (κ2) is 11.4. The first-order valence-electron chi connectivity index (χ1n) is 6.50. The lowest BCUT2D eigenvalue weighted by Gasteiger charge is -2.04. The largest absolute Gasteiger partial charge is 0.505 e. The maximum Gasteiger partial charge on any atom is 0.505 e. The Labute approximate surface area is 110 Å². The van der Waals surface area contributed by atoms with Gasteiger partial charge in [0.1, 0.15) is 0 Å². The number of carbonyl (C=O) groups excluding carboxylic acids is 1. The Balaban J connectivity index is 3.14. The van der Waals surface area contributed by atoms with Gasteiger partial charge in [-0.15, -0.1) is 0 Å². The van der Waals surface area contributed by atoms with E-state index in [1.165, 1.54) is 0 Å². The van der Waals surface area contributed by atoms with E-state index < -0.39 is 8.03 Å². The molecule has 0 spiro atoms. The molecule has 0 fully saturated rings. The van der Waals surface area contributed by atoms with Gasteiger partial charge in [0.25, 0.3) is 0 Å². The molecule has 104 valence electrons. The van der Waals surface area contributed by atoms with Gasteiger partial charge in [-0.3, -0.25) is 0 Å². The number of rotatable bonds is 11. The number of esters is 1. The average Bonchev–Trinajstić information content (AvgIpc) is 2.30. The minimum atomic E-state index is -1.95.